The zero-order valence-corrected chi connectivity index (χ0v) is 25.7. The van der Waals surface area contributed by atoms with Gasteiger partial charge in [-0.05, 0) is 93.0 Å². The second-order valence-corrected chi connectivity index (χ2v) is 11.5. The number of benzene rings is 2. The van der Waals surface area contributed by atoms with Crippen molar-refractivity contribution in [1.82, 2.24) is 0 Å². The highest BCUT2D eigenvalue weighted by Crippen LogP contribution is 2.35. The molecule has 0 radical (unpaired) electrons. The zero-order valence-electron chi connectivity index (χ0n) is 25.7. The summed E-state index contributed by atoms with van der Waals surface area (Å²) >= 11 is 0. The molecule has 0 amide bonds. The molecule has 0 N–H and O–H groups in total. The van der Waals surface area contributed by atoms with Gasteiger partial charge in [0.1, 0.15) is 23.9 Å². The van der Waals surface area contributed by atoms with Crippen molar-refractivity contribution < 1.29 is 28.4 Å². The highest BCUT2D eigenvalue weighted by atomic mass is 16.5. The zero-order chi connectivity index (χ0) is 30.1. The van der Waals surface area contributed by atoms with Gasteiger partial charge in [-0.3, -0.25) is 4.79 Å². The van der Waals surface area contributed by atoms with Crippen molar-refractivity contribution in [2.75, 3.05) is 25.6 Å². The Kier molecular flexibility index (Phi) is 11.0. The molecule has 7 heteroatoms. The Labute approximate surface area is 250 Å². The summed E-state index contributed by atoms with van der Waals surface area (Å²) < 4.78 is 19.5. The van der Waals surface area contributed by atoms with Gasteiger partial charge in [-0.1, -0.05) is 26.2 Å². The topological polar surface area (TPSA) is 68.9 Å². The molecule has 1 aliphatic carbocycles. The summed E-state index contributed by atoms with van der Waals surface area (Å²) in [5.41, 5.74) is 3.14. The normalized spacial score (nSPS) is 16.5. The van der Waals surface area contributed by atoms with Crippen molar-refractivity contribution in [3.8, 4) is 17.2 Å². The first-order valence-electron chi connectivity index (χ1n) is 15.2. The fourth-order valence-electron chi connectivity index (χ4n) is 5.38. The predicted molar refractivity (Wildman–Crippen MR) is 164 cm³/mol. The Bertz CT molecular complexity index is 1330. The molecule has 0 aliphatic heterocycles. The second-order valence-electron chi connectivity index (χ2n) is 11.5. The largest absolute Gasteiger partial charge is 0.487 e. The lowest BCUT2D eigenvalue weighted by molar-refractivity contribution is -0.697. The van der Waals surface area contributed by atoms with Gasteiger partial charge in [0.25, 0.3) is 0 Å². The molecule has 7 nitrogen and oxygen atoms in total. The minimum Gasteiger partial charge on any atom is -0.487 e. The van der Waals surface area contributed by atoms with Gasteiger partial charge in [0.15, 0.2) is 18.9 Å². The number of rotatable bonds is 12. The highest BCUT2D eigenvalue weighted by molar-refractivity contribution is 5.91. The fraction of sp³-hybridized carbons (Fsp3) is 0.457. The van der Waals surface area contributed by atoms with Crippen molar-refractivity contribution in [2.24, 2.45) is 11.8 Å². The molecule has 0 atom stereocenters. The van der Waals surface area contributed by atoms with Gasteiger partial charge >= 0.3 is 11.9 Å². The second kappa shape index (κ2) is 14.9. The molecule has 1 fully saturated rings. The van der Waals surface area contributed by atoms with Crippen molar-refractivity contribution in [2.45, 2.75) is 72.3 Å². The van der Waals surface area contributed by atoms with Crippen LogP contribution in [0.25, 0.3) is 0 Å². The van der Waals surface area contributed by atoms with Gasteiger partial charge in [-0.2, -0.15) is 0 Å². The molecule has 0 unspecified atom stereocenters. The van der Waals surface area contributed by atoms with E-state index < -0.39 is 5.97 Å². The van der Waals surface area contributed by atoms with Crippen LogP contribution in [0.5, 0.6) is 17.2 Å². The van der Waals surface area contributed by atoms with Crippen LogP contribution in [0.1, 0.15) is 73.4 Å². The number of unbranched alkanes of at least 4 members (excludes halogenated alkanes) is 1. The third-order valence-electron chi connectivity index (χ3n) is 8.35. The molecular formula is C35H45N2O5+. The van der Waals surface area contributed by atoms with Gasteiger partial charge in [0, 0.05) is 31.9 Å². The van der Waals surface area contributed by atoms with Gasteiger partial charge in [0.2, 0.25) is 0 Å². The molecule has 224 valence electrons. The van der Waals surface area contributed by atoms with Crippen LogP contribution in [0.4, 0.5) is 5.69 Å². The molecule has 1 aliphatic rings. The number of pyridine rings is 1. The minimum atomic E-state index is -0.454. The molecular weight excluding hydrogens is 528 g/mol. The number of aromatic nitrogens is 1. The summed E-state index contributed by atoms with van der Waals surface area (Å²) in [5, 5.41) is 0. The smallest absolute Gasteiger partial charge is 0.343 e. The predicted octanol–water partition coefficient (Wildman–Crippen LogP) is 6.86. The van der Waals surface area contributed by atoms with Crippen LogP contribution < -0.4 is 23.7 Å². The Morgan fingerprint density at radius 2 is 1.48 bits per heavy atom. The maximum Gasteiger partial charge on any atom is 0.343 e. The third-order valence-corrected chi connectivity index (χ3v) is 8.35. The van der Waals surface area contributed by atoms with E-state index in [-0.39, 0.29) is 11.9 Å². The van der Waals surface area contributed by atoms with Crippen LogP contribution in [0.3, 0.4) is 0 Å². The first-order valence-corrected chi connectivity index (χ1v) is 15.2. The average molecular weight is 574 g/mol. The maximum absolute atomic E-state index is 12.9. The minimum absolute atomic E-state index is 0.0413. The van der Waals surface area contributed by atoms with E-state index in [1.807, 2.05) is 40.3 Å². The number of carbonyl (C=O) groups excluding carboxylic acids is 2. The van der Waals surface area contributed by atoms with Crippen LogP contribution in [0.2, 0.25) is 0 Å². The van der Waals surface area contributed by atoms with Gasteiger partial charge < -0.3 is 19.1 Å². The van der Waals surface area contributed by atoms with Crippen LogP contribution in [-0.2, 0) is 11.3 Å². The highest BCUT2D eigenvalue weighted by Gasteiger charge is 2.28. The van der Waals surface area contributed by atoms with Crippen LogP contribution in [0.15, 0.2) is 60.9 Å². The quantitative estimate of drug-likeness (QED) is 0.134. The lowest BCUT2D eigenvalue weighted by Crippen LogP contribution is -2.35. The monoisotopic (exact) mass is 573 g/mol. The number of hydrogen-bond acceptors (Lipinski definition) is 6. The molecule has 0 saturated heterocycles. The number of ether oxygens (including phenoxy) is 3. The average Bonchev–Trinajstić information content (AvgIpc) is 3.00. The molecule has 42 heavy (non-hydrogen) atoms. The summed E-state index contributed by atoms with van der Waals surface area (Å²) in [6, 6.07) is 14.5. The Morgan fingerprint density at radius 1 is 0.857 bits per heavy atom. The molecule has 2 aromatic carbocycles. The summed E-state index contributed by atoms with van der Waals surface area (Å²) in [6.45, 7) is 7.20. The fourth-order valence-corrected chi connectivity index (χ4v) is 5.38. The van der Waals surface area contributed by atoms with Crippen LogP contribution in [-0.4, -0.2) is 32.6 Å². The van der Waals surface area contributed by atoms with E-state index in [0.29, 0.717) is 36.0 Å². The maximum atomic E-state index is 12.9. The molecule has 0 spiro atoms. The van der Waals surface area contributed by atoms with E-state index in [2.05, 4.69) is 28.5 Å². The van der Waals surface area contributed by atoms with E-state index in [4.69, 9.17) is 14.2 Å². The van der Waals surface area contributed by atoms with Crippen molar-refractivity contribution in [1.29, 1.82) is 0 Å². The van der Waals surface area contributed by atoms with E-state index in [1.165, 1.54) is 19.3 Å². The Morgan fingerprint density at radius 3 is 2.07 bits per heavy atom. The number of hydrogen-bond donors (Lipinski definition) is 0. The van der Waals surface area contributed by atoms with E-state index in [9.17, 15) is 9.59 Å². The number of carbonyl (C=O) groups is 2. The summed E-state index contributed by atoms with van der Waals surface area (Å²) in [6.07, 6.45) is 11.8. The first kappa shape index (κ1) is 31.1. The van der Waals surface area contributed by atoms with Crippen molar-refractivity contribution >= 4 is 17.6 Å². The van der Waals surface area contributed by atoms with Crippen LogP contribution in [0, 0.1) is 25.7 Å². The van der Waals surface area contributed by atoms with Gasteiger partial charge in [-0.15, -0.1) is 0 Å². The van der Waals surface area contributed by atoms with E-state index in [1.54, 1.807) is 36.4 Å². The molecule has 0 bridgehead atoms. The lowest BCUT2D eigenvalue weighted by atomic mass is 9.80. The van der Waals surface area contributed by atoms with Crippen molar-refractivity contribution in [3.63, 3.8) is 0 Å². The SMILES string of the molecule is CCCCC1CCC(C(=O)Oc2ccc(OC(=O)c3ccc(OCC[n+]4ccc(N(C)C)cc4)cc3)c(C)c2C)CC1. The Hall–Kier alpha value is -3.87. The number of nitrogens with zero attached hydrogens (tertiary/aromatic N) is 2. The number of esters is 2. The van der Waals surface area contributed by atoms with E-state index in [0.717, 1.165) is 48.4 Å². The van der Waals surface area contributed by atoms with Gasteiger partial charge in [-0.25, -0.2) is 9.36 Å². The standard InChI is InChI=1S/C35H45N2O5/c1-6-7-8-27-9-11-28(12-10-27)34(38)41-32-17-18-33(26(3)25(32)2)42-35(39)29-13-15-31(16-14-29)40-24-23-37-21-19-30(20-22-37)36(4)5/h13-22,27-28H,6-12,23-24H2,1-5H3/q+1. The molecule has 3 aromatic rings. The molecule has 1 saturated carbocycles. The summed E-state index contributed by atoms with van der Waals surface area (Å²) in [5.74, 6) is 1.76. The Balaban J connectivity index is 1.27. The molecule has 1 heterocycles. The summed E-state index contributed by atoms with van der Waals surface area (Å²) in [7, 11) is 4.03. The van der Waals surface area contributed by atoms with E-state index >= 15 is 0 Å². The van der Waals surface area contributed by atoms with Crippen molar-refractivity contribution in [3.05, 3.63) is 77.6 Å². The third kappa shape index (κ3) is 8.34. The lowest BCUT2D eigenvalue weighted by Gasteiger charge is -2.27. The molecule has 1 aromatic heterocycles. The molecule has 4 rings (SSSR count). The van der Waals surface area contributed by atoms with Gasteiger partial charge in [0.05, 0.1) is 11.5 Å². The summed E-state index contributed by atoms with van der Waals surface area (Å²) in [4.78, 5) is 27.8. The first-order chi connectivity index (χ1) is 20.2. The number of anilines is 1. The van der Waals surface area contributed by atoms with Crippen LogP contribution >= 0.6 is 0 Å².